The Labute approximate surface area is 133 Å². The largest absolute Gasteiger partial charge is 0.355 e. The summed E-state index contributed by atoms with van der Waals surface area (Å²) in [6, 6.07) is -0.346. The first-order chi connectivity index (χ1) is 9.56. The first-order valence-corrected chi connectivity index (χ1v) is 7.50. The molecule has 0 aromatic carbocycles. The summed E-state index contributed by atoms with van der Waals surface area (Å²) in [6.07, 6.45) is 2.73. The van der Waals surface area contributed by atoms with Gasteiger partial charge in [0.05, 0.1) is 12.5 Å². The van der Waals surface area contributed by atoms with Gasteiger partial charge in [-0.3, -0.25) is 9.59 Å². The first-order valence-electron chi connectivity index (χ1n) is 7.50. The van der Waals surface area contributed by atoms with Crippen molar-refractivity contribution in [1.29, 1.82) is 0 Å². The number of carbonyl (C=O) groups is 2. The summed E-state index contributed by atoms with van der Waals surface area (Å²) in [6.45, 7) is 3.87. The Morgan fingerprint density at radius 1 is 1.43 bits per heavy atom. The molecule has 2 aliphatic rings. The van der Waals surface area contributed by atoms with Crippen LogP contribution in [0.3, 0.4) is 0 Å². The van der Waals surface area contributed by atoms with Gasteiger partial charge in [-0.1, -0.05) is 0 Å². The summed E-state index contributed by atoms with van der Waals surface area (Å²) < 4.78 is 0. The monoisotopic (exact) mass is 318 g/mol. The van der Waals surface area contributed by atoms with Crippen molar-refractivity contribution in [1.82, 2.24) is 20.4 Å². The zero-order valence-corrected chi connectivity index (χ0v) is 13.7. The molecule has 0 radical (unpaired) electrons. The van der Waals surface area contributed by atoms with Crippen molar-refractivity contribution in [3.63, 3.8) is 0 Å². The van der Waals surface area contributed by atoms with Crippen molar-refractivity contribution in [2.45, 2.75) is 25.3 Å². The molecule has 0 aromatic rings. The number of rotatable bonds is 7. The fourth-order valence-electron chi connectivity index (χ4n) is 2.42. The van der Waals surface area contributed by atoms with Crippen LogP contribution in [0.5, 0.6) is 0 Å². The van der Waals surface area contributed by atoms with Gasteiger partial charge in [-0.2, -0.15) is 0 Å². The predicted molar refractivity (Wildman–Crippen MR) is 84.5 cm³/mol. The first kappa shape index (κ1) is 18.2. The number of carbonyl (C=O) groups excluding carboxylic acids is 2. The molecule has 1 saturated heterocycles. The average Bonchev–Trinajstić information content (AvgIpc) is 3.18. The quantitative estimate of drug-likeness (QED) is 0.676. The molecule has 1 heterocycles. The highest BCUT2D eigenvalue weighted by Crippen LogP contribution is 2.30. The van der Waals surface area contributed by atoms with Crippen molar-refractivity contribution < 1.29 is 9.59 Å². The summed E-state index contributed by atoms with van der Waals surface area (Å²) in [5, 5.41) is 6.02. The van der Waals surface area contributed by atoms with E-state index in [0.717, 1.165) is 26.2 Å². The molecule has 2 fully saturated rings. The molecule has 1 saturated carbocycles. The van der Waals surface area contributed by atoms with Crippen LogP contribution in [0, 0.1) is 5.92 Å². The molecule has 122 valence electrons. The maximum absolute atomic E-state index is 12.3. The van der Waals surface area contributed by atoms with Crippen molar-refractivity contribution in [2.75, 3.05) is 46.8 Å². The fraction of sp³-hybridized carbons (Fsp3) is 0.857. The fourth-order valence-corrected chi connectivity index (χ4v) is 2.42. The smallest absolute Gasteiger partial charge is 0.240 e. The number of halogens is 1. The van der Waals surface area contributed by atoms with Crippen molar-refractivity contribution in [2.24, 2.45) is 5.92 Å². The maximum atomic E-state index is 12.3. The van der Waals surface area contributed by atoms with Gasteiger partial charge >= 0.3 is 0 Å². The third-order valence-electron chi connectivity index (χ3n) is 3.83. The Hall–Kier alpha value is -0.850. The Bertz CT molecular complexity index is 361. The van der Waals surface area contributed by atoms with Crippen LogP contribution in [-0.4, -0.2) is 74.5 Å². The number of hydrogen-bond acceptors (Lipinski definition) is 4. The van der Waals surface area contributed by atoms with Crippen LogP contribution in [0.1, 0.15) is 19.3 Å². The van der Waals surface area contributed by atoms with Crippen LogP contribution < -0.4 is 10.6 Å². The van der Waals surface area contributed by atoms with Gasteiger partial charge in [0.1, 0.15) is 0 Å². The van der Waals surface area contributed by atoms with Gasteiger partial charge in [0, 0.05) is 32.7 Å². The van der Waals surface area contributed by atoms with Crippen molar-refractivity contribution in [3.8, 4) is 0 Å². The Kier molecular flexibility index (Phi) is 7.42. The van der Waals surface area contributed by atoms with Gasteiger partial charge in [0.15, 0.2) is 0 Å². The summed E-state index contributed by atoms with van der Waals surface area (Å²) in [7, 11) is 3.93. The third-order valence-corrected chi connectivity index (χ3v) is 3.83. The summed E-state index contributed by atoms with van der Waals surface area (Å²) in [5.74, 6) is 0.739. The minimum atomic E-state index is -0.346. The molecular formula is C14H27ClN4O2. The average molecular weight is 319 g/mol. The van der Waals surface area contributed by atoms with Crippen LogP contribution in [0.15, 0.2) is 0 Å². The molecule has 0 bridgehead atoms. The van der Waals surface area contributed by atoms with E-state index in [0.29, 0.717) is 12.5 Å². The second kappa shape index (κ2) is 8.56. The molecule has 0 spiro atoms. The van der Waals surface area contributed by atoms with Gasteiger partial charge < -0.3 is 20.4 Å². The predicted octanol–water partition coefficient (Wildman–Crippen LogP) is -0.313. The molecule has 1 aliphatic heterocycles. The molecule has 2 N–H and O–H groups in total. The van der Waals surface area contributed by atoms with Gasteiger partial charge in [0.2, 0.25) is 11.8 Å². The van der Waals surface area contributed by atoms with E-state index in [-0.39, 0.29) is 36.7 Å². The second-order valence-electron chi connectivity index (χ2n) is 6.09. The molecule has 0 aromatic heterocycles. The van der Waals surface area contributed by atoms with E-state index in [1.54, 1.807) is 0 Å². The molecule has 21 heavy (non-hydrogen) atoms. The standard InChI is InChI=1S/C14H26N4O2.ClH/c1-17(2)7-5-16-13(19)9-12-14(20)18(8-6-15-12)10-11-3-4-11;/h11-12,15H,3-10H2,1-2H3,(H,16,19);1H. The van der Waals surface area contributed by atoms with Crippen molar-refractivity contribution >= 4 is 24.2 Å². The highest BCUT2D eigenvalue weighted by Gasteiger charge is 2.33. The van der Waals surface area contributed by atoms with Gasteiger partial charge in [-0.15, -0.1) is 12.4 Å². The van der Waals surface area contributed by atoms with Gasteiger partial charge in [-0.25, -0.2) is 0 Å². The second-order valence-corrected chi connectivity index (χ2v) is 6.09. The number of piperazine rings is 1. The molecule has 6 nitrogen and oxygen atoms in total. The normalized spacial score (nSPS) is 22.1. The summed E-state index contributed by atoms with van der Waals surface area (Å²) in [4.78, 5) is 28.1. The molecular weight excluding hydrogens is 292 g/mol. The number of hydrogen-bond donors (Lipinski definition) is 2. The van der Waals surface area contributed by atoms with E-state index in [1.165, 1.54) is 12.8 Å². The topological polar surface area (TPSA) is 64.7 Å². The van der Waals surface area contributed by atoms with Gasteiger partial charge in [-0.05, 0) is 32.9 Å². The third kappa shape index (κ3) is 6.20. The molecule has 2 rings (SSSR count). The molecule has 1 aliphatic carbocycles. The lowest BCUT2D eigenvalue weighted by Crippen LogP contribution is -2.56. The highest BCUT2D eigenvalue weighted by atomic mass is 35.5. The lowest BCUT2D eigenvalue weighted by molar-refractivity contribution is -0.138. The highest BCUT2D eigenvalue weighted by molar-refractivity contribution is 5.88. The SMILES string of the molecule is CN(C)CCNC(=O)CC1NCCN(CC2CC2)C1=O.Cl. The van der Waals surface area contributed by atoms with Crippen LogP contribution in [-0.2, 0) is 9.59 Å². The Morgan fingerprint density at radius 3 is 2.76 bits per heavy atom. The Balaban J connectivity index is 0.00000220. The van der Waals surface area contributed by atoms with E-state index in [1.807, 2.05) is 23.9 Å². The van der Waals surface area contributed by atoms with Gasteiger partial charge in [0.25, 0.3) is 0 Å². The number of nitrogens with zero attached hydrogens (tertiary/aromatic N) is 2. The van der Waals surface area contributed by atoms with E-state index in [4.69, 9.17) is 0 Å². The van der Waals surface area contributed by atoms with Crippen LogP contribution >= 0.6 is 12.4 Å². The van der Waals surface area contributed by atoms with Crippen LogP contribution in [0.4, 0.5) is 0 Å². The Morgan fingerprint density at radius 2 is 2.14 bits per heavy atom. The minimum absolute atomic E-state index is 0. The molecule has 1 unspecified atom stereocenters. The minimum Gasteiger partial charge on any atom is -0.355 e. The molecule has 2 amide bonds. The van der Waals surface area contributed by atoms with Crippen molar-refractivity contribution in [3.05, 3.63) is 0 Å². The molecule has 7 heteroatoms. The summed E-state index contributed by atoms with van der Waals surface area (Å²) in [5.41, 5.74) is 0. The van der Waals surface area contributed by atoms with Crippen LogP contribution in [0.2, 0.25) is 0 Å². The lowest BCUT2D eigenvalue weighted by Gasteiger charge is -2.33. The van der Waals surface area contributed by atoms with Crippen LogP contribution in [0.25, 0.3) is 0 Å². The number of likely N-dealkylation sites (N-methyl/N-ethyl adjacent to an activating group) is 1. The maximum Gasteiger partial charge on any atom is 0.240 e. The van der Waals surface area contributed by atoms with E-state index < -0.39 is 0 Å². The number of amides is 2. The van der Waals surface area contributed by atoms with E-state index in [9.17, 15) is 9.59 Å². The van der Waals surface area contributed by atoms with E-state index >= 15 is 0 Å². The summed E-state index contributed by atoms with van der Waals surface area (Å²) >= 11 is 0. The number of nitrogens with one attached hydrogen (secondary N) is 2. The van der Waals surface area contributed by atoms with E-state index in [2.05, 4.69) is 10.6 Å². The zero-order chi connectivity index (χ0) is 14.5. The molecule has 1 atom stereocenters. The zero-order valence-electron chi connectivity index (χ0n) is 12.9. The lowest BCUT2D eigenvalue weighted by atomic mass is 10.1.